The normalized spacial score (nSPS) is 22.6. The van der Waals surface area contributed by atoms with Crippen molar-refractivity contribution in [2.45, 2.75) is 38.8 Å². The molecule has 1 amide bonds. The summed E-state index contributed by atoms with van der Waals surface area (Å²) in [5.74, 6) is 1.60. The molecule has 0 spiro atoms. The number of carbonyl (C=O) groups is 1. The number of aryl methyl sites for hydroxylation is 1. The van der Waals surface area contributed by atoms with E-state index in [1.165, 1.54) is 6.42 Å². The summed E-state index contributed by atoms with van der Waals surface area (Å²) in [6, 6.07) is 10.0. The van der Waals surface area contributed by atoms with Crippen LogP contribution in [0, 0.1) is 12.8 Å². The Bertz CT molecular complexity index is 761. The average Bonchev–Trinajstić information content (AvgIpc) is 2.89. The molecule has 1 aromatic carbocycles. The van der Waals surface area contributed by atoms with Crippen LogP contribution in [-0.2, 0) is 11.3 Å². The van der Waals surface area contributed by atoms with Crippen molar-refractivity contribution in [2.75, 3.05) is 26.2 Å². The Morgan fingerprint density at radius 2 is 2.07 bits per heavy atom. The van der Waals surface area contributed by atoms with Gasteiger partial charge in [0.2, 0.25) is 5.91 Å². The van der Waals surface area contributed by atoms with E-state index < -0.39 is 0 Å². The molecule has 144 valence electrons. The Kier molecular flexibility index (Phi) is 5.43. The summed E-state index contributed by atoms with van der Waals surface area (Å²) in [6.45, 7) is 6.23. The number of hydrogen-bond donors (Lipinski definition) is 1. The zero-order chi connectivity index (χ0) is 18.6. The lowest BCUT2D eigenvalue weighted by atomic mass is 9.95. The van der Waals surface area contributed by atoms with Crippen LogP contribution in [0.15, 0.2) is 36.7 Å². The Hall–Kier alpha value is -2.34. The van der Waals surface area contributed by atoms with E-state index in [0.717, 1.165) is 49.7 Å². The molecule has 2 atom stereocenters. The van der Waals surface area contributed by atoms with Crippen LogP contribution in [0.2, 0.25) is 0 Å². The predicted molar refractivity (Wildman–Crippen MR) is 103 cm³/mol. The predicted octanol–water partition coefficient (Wildman–Crippen LogP) is 2.61. The molecule has 6 nitrogen and oxygen atoms in total. The minimum absolute atomic E-state index is 0.221. The molecule has 6 heteroatoms. The molecule has 0 unspecified atom stereocenters. The molecule has 3 aliphatic heterocycles. The molecule has 2 aromatic rings. The van der Waals surface area contributed by atoms with Gasteiger partial charge in [-0.25, -0.2) is 4.98 Å². The summed E-state index contributed by atoms with van der Waals surface area (Å²) in [5, 5.41) is 0. The van der Waals surface area contributed by atoms with E-state index in [0.29, 0.717) is 25.0 Å². The second-order valence-electron chi connectivity index (χ2n) is 7.72. The zero-order valence-corrected chi connectivity index (χ0v) is 15.9. The number of aromatic nitrogens is 2. The summed E-state index contributed by atoms with van der Waals surface area (Å²) < 4.78 is 5.71. The van der Waals surface area contributed by atoms with E-state index in [1.54, 1.807) is 6.33 Å². The molecular formula is C21H28N4O2. The molecule has 27 heavy (non-hydrogen) atoms. The van der Waals surface area contributed by atoms with Crippen LogP contribution in [0.25, 0.3) is 0 Å². The van der Waals surface area contributed by atoms with Crippen LogP contribution >= 0.6 is 0 Å². The summed E-state index contributed by atoms with van der Waals surface area (Å²) in [7, 11) is 0. The van der Waals surface area contributed by atoms with E-state index in [1.807, 2.05) is 30.3 Å². The van der Waals surface area contributed by atoms with Crippen LogP contribution in [0.5, 0.6) is 5.75 Å². The lowest BCUT2D eigenvalue weighted by molar-refractivity contribution is -0.135. The summed E-state index contributed by atoms with van der Waals surface area (Å²) >= 11 is 0. The number of rotatable bonds is 6. The van der Waals surface area contributed by atoms with Gasteiger partial charge in [0.15, 0.2) is 0 Å². The first kappa shape index (κ1) is 18.0. The Morgan fingerprint density at radius 3 is 2.85 bits per heavy atom. The molecule has 0 radical (unpaired) electrons. The molecule has 1 aromatic heterocycles. The minimum Gasteiger partial charge on any atom is -0.493 e. The fourth-order valence-corrected chi connectivity index (χ4v) is 4.29. The van der Waals surface area contributed by atoms with Gasteiger partial charge in [-0.1, -0.05) is 18.2 Å². The van der Waals surface area contributed by atoms with E-state index in [9.17, 15) is 4.79 Å². The van der Waals surface area contributed by atoms with Gasteiger partial charge in [0.25, 0.3) is 0 Å². The number of nitrogens with one attached hydrogen (secondary N) is 1. The largest absolute Gasteiger partial charge is 0.493 e. The highest BCUT2D eigenvalue weighted by Gasteiger charge is 2.37. The number of H-pyrrole nitrogens is 1. The van der Waals surface area contributed by atoms with Gasteiger partial charge in [-0.05, 0) is 37.8 Å². The van der Waals surface area contributed by atoms with Crippen LogP contribution in [0.1, 0.15) is 30.7 Å². The number of benzene rings is 1. The first-order valence-electron chi connectivity index (χ1n) is 9.87. The Labute approximate surface area is 160 Å². The molecule has 2 bridgehead atoms. The van der Waals surface area contributed by atoms with Gasteiger partial charge in [-0.2, -0.15) is 0 Å². The second-order valence-corrected chi connectivity index (χ2v) is 7.72. The van der Waals surface area contributed by atoms with Crippen molar-refractivity contribution < 1.29 is 9.53 Å². The first-order chi connectivity index (χ1) is 13.2. The number of piperidine rings is 1. The number of ether oxygens (including phenoxy) is 1. The van der Waals surface area contributed by atoms with Crippen molar-refractivity contribution in [2.24, 2.45) is 5.92 Å². The van der Waals surface area contributed by atoms with E-state index >= 15 is 0 Å². The molecule has 4 heterocycles. The zero-order valence-electron chi connectivity index (χ0n) is 15.9. The standard InChI is InChI=1S/C21H28N4O2/c1-16-20(23-15-22-16)14-24-11-17-7-8-18(13-24)25(12-17)21(26)9-10-27-19-5-3-2-4-6-19/h2-6,15,17-18H,7-14H2,1H3,(H,22,23)/t17-,18+/m0/s1. The Morgan fingerprint density at radius 1 is 1.22 bits per heavy atom. The van der Waals surface area contributed by atoms with Crippen molar-refractivity contribution in [3.63, 3.8) is 0 Å². The van der Waals surface area contributed by atoms with Crippen LogP contribution < -0.4 is 4.74 Å². The van der Waals surface area contributed by atoms with Crippen molar-refractivity contribution >= 4 is 5.91 Å². The number of nitrogens with zero attached hydrogens (tertiary/aromatic N) is 3. The van der Waals surface area contributed by atoms with Crippen LogP contribution in [-0.4, -0.2) is 58.0 Å². The fourth-order valence-electron chi connectivity index (χ4n) is 4.29. The van der Waals surface area contributed by atoms with Gasteiger partial charge in [-0.3, -0.25) is 9.69 Å². The molecule has 3 aliphatic rings. The number of carbonyl (C=O) groups excluding carboxylic acids is 1. The molecule has 3 fully saturated rings. The van der Waals surface area contributed by atoms with Gasteiger partial charge in [-0.15, -0.1) is 0 Å². The maximum atomic E-state index is 12.8. The van der Waals surface area contributed by atoms with Crippen molar-refractivity contribution in [3.8, 4) is 5.75 Å². The summed E-state index contributed by atoms with van der Waals surface area (Å²) in [5.41, 5.74) is 2.25. The molecule has 0 saturated carbocycles. The molecule has 1 N–H and O–H groups in total. The van der Waals surface area contributed by atoms with Crippen LogP contribution in [0.3, 0.4) is 0 Å². The maximum absolute atomic E-state index is 12.8. The van der Waals surface area contributed by atoms with Gasteiger partial charge in [0.05, 0.1) is 25.0 Å². The van der Waals surface area contributed by atoms with Gasteiger partial charge in [0, 0.05) is 37.9 Å². The highest BCUT2D eigenvalue weighted by Crippen LogP contribution is 2.29. The smallest absolute Gasteiger partial charge is 0.226 e. The van der Waals surface area contributed by atoms with Crippen molar-refractivity contribution in [3.05, 3.63) is 48.0 Å². The van der Waals surface area contributed by atoms with Gasteiger partial charge >= 0.3 is 0 Å². The summed E-state index contributed by atoms with van der Waals surface area (Å²) in [4.78, 5) is 25.0. The fraction of sp³-hybridized carbons (Fsp3) is 0.524. The number of hydrogen-bond acceptors (Lipinski definition) is 4. The number of para-hydroxylation sites is 1. The van der Waals surface area contributed by atoms with E-state index in [-0.39, 0.29) is 5.91 Å². The Balaban J connectivity index is 1.33. The van der Waals surface area contributed by atoms with Crippen molar-refractivity contribution in [1.29, 1.82) is 0 Å². The summed E-state index contributed by atoms with van der Waals surface area (Å²) in [6.07, 6.45) is 4.52. The molecule has 3 saturated heterocycles. The lowest BCUT2D eigenvalue weighted by Crippen LogP contribution is -2.47. The number of amides is 1. The number of aromatic amines is 1. The highest BCUT2D eigenvalue weighted by molar-refractivity contribution is 5.77. The second kappa shape index (κ2) is 8.13. The topological polar surface area (TPSA) is 61.5 Å². The monoisotopic (exact) mass is 368 g/mol. The third-order valence-electron chi connectivity index (χ3n) is 5.75. The molecular weight excluding hydrogens is 340 g/mol. The lowest BCUT2D eigenvalue weighted by Gasteiger charge is -2.36. The van der Waals surface area contributed by atoms with Gasteiger partial charge in [0.1, 0.15) is 5.75 Å². The van der Waals surface area contributed by atoms with Crippen LogP contribution in [0.4, 0.5) is 0 Å². The molecule has 0 aliphatic carbocycles. The van der Waals surface area contributed by atoms with E-state index in [4.69, 9.17) is 4.74 Å². The first-order valence-corrected chi connectivity index (χ1v) is 9.87. The number of imidazole rings is 1. The van der Waals surface area contributed by atoms with Crippen molar-refractivity contribution in [1.82, 2.24) is 19.8 Å². The third-order valence-corrected chi connectivity index (χ3v) is 5.75. The highest BCUT2D eigenvalue weighted by atomic mass is 16.5. The number of fused-ring (bicyclic) bond motifs is 4. The average molecular weight is 368 g/mol. The van der Waals surface area contributed by atoms with Gasteiger partial charge < -0.3 is 14.6 Å². The quantitative estimate of drug-likeness (QED) is 0.851. The van der Waals surface area contributed by atoms with E-state index in [2.05, 4.69) is 26.7 Å². The SMILES string of the molecule is Cc1[nH]cnc1CN1C[C@@H]2CC[C@H](C1)N(C(=O)CCOc1ccccc1)C2. The third kappa shape index (κ3) is 4.33. The molecule has 5 rings (SSSR count). The maximum Gasteiger partial charge on any atom is 0.226 e. The minimum atomic E-state index is 0.221.